The van der Waals surface area contributed by atoms with Gasteiger partial charge in [0.1, 0.15) is 11.5 Å². The third kappa shape index (κ3) is 7.80. The molecular weight excluding hydrogens is 547 g/mol. The van der Waals surface area contributed by atoms with Crippen molar-refractivity contribution >= 4 is 40.7 Å². The van der Waals surface area contributed by atoms with Crippen molar-refractivity contribution in [3.05, 3.63) is 81.6 Å². The maximum absolute atomic E-state index is 13.7. The van der Waals surface area contributed by atoms with E-state index in [1.54, 1.807) is 28.0 Å². The van der Waals surface area contributed by atoms with Crippen molar-refractivity contribution in [1.29, 1.82) is 0 Å². The number of amides is 2. The molecule has 2 N–H and O–H groups in total. The van der Waals surface area contributed by atoms with Gasteiger partial charge in [0.2, 0.25) is 11.8 Å². The SMILES string of the molecule is CNCCCNC(=O)CN(CC(=O)N(C)C1Cc2ccccc2C1)c1cc(Cl)ccc1OC1=CC=C(Cl)CC1C. The van der Waals surface area contributed by atoms with Gasteiger partial charge < -0.3 is 25.2 Å². The molecule has 0 aliphatic heterocycles. The second-order valence-corrected chi connectivity index (χ2v) is 11.4. The molecule has 0 radical (unpaired) electrons. The van der Waals surface area contributed by atoms with Crippen molar-refractivity contribution in [3.63, 3.8) is 0 Å². The molecule has 40 heavy (non-hydrogen) atoms. The molecular formula is C31H38Cl2N4O3. The van der Waals surface area contributed by atoms with Crippen molar-refractivity contribution in [2.45, 2.75) is 38.6 Å². The van der Waals surface area contributed by atoms with Crippen LogP contribution < -0.4 is 20.3 Å². The van der Waals surface area contributed by atoms with E-state index in [1.165, 1.54) is 11.1 Å². The number of ether oxygens (including phenoxy) is 1. The zero-order valence-electron chi connectivity index (χ0n) is 23.4. The fourth-order valence-electron chi connectivity index (χ4n) is 5.12. The molecule has 214 valence electrons. The lowest BCUT2D eigenvalue weighted by atomic mass is 10.0. The van der Waals surface area contributed by atoms with E-state index >= 15 is 0 Å². The Hall–Kier alpha value is -3.00. The quantitative estimate of drug-likeness (QED) is 0.346. The van der Waals surface area contributed by atoms with Gasteiger partial charge in [0.15, 0.2) is 0 Å². The standard InChI is InChI=1S/C31H38Cl2N4O3/c1-21-15-24(32)9-11-28(21)40-29-12-10-25(33)18-27(29)37(19-30(38)35-14-6-13-34-2)20-31(39)36(3)26-16-22-7-4-5-8-23(22)17-26/h4-5,7-12,18,21,26,34H,6,13-17,19-20H2,1-3H3,(H,35,38). The number of anilines is 1. The zero-order valence-corrected chi connectivity index (χ0v) is 24.9. The molecule has 7 nitrogen and oxygen atoms in total. The molecule has 2 amide bonds. The predicted molar refractivity (Wildman–Crippen MR) is 162 cm³/mol. The van der Waals surface area contributed by atoms with Gasteiger partial charge in [0, 0.05) is 35.6 Å². The molecule has 9 heteroatoms. The van der Waals surface area contributed by atoms with Crippen LogP contribution in [0.4, 0.5) is 5.69 Å². The van der Waals surface area contributed by atoms with Crippen LogP contribution in [0, 0.1) is 5.92 Å². The third-order valence-corrected chi connectivity index (χ3v) is 7.98. The molecule has 2 aromatic carbocycles. The minimum absolute atomic E-state index is 0.00428. The minimum Gasteiger partial charge on any atom is -0.459 e. The highest BCUT2D eigenvalue weighted by Crippen LogP contribution is 2.36. The van der Waals surface area contributed by atoms with Gasteiger partial charge in [-0.25, -0.2) is 0 Å². The second-order valence-electron chi connectivity index (χ2n) is 10.5. The Kier molecular flexibility index (Phi) is 10.5. The average Bonchev–Trinajstić information content (AvgIpc) is 3.37. The normalized spacial score (nSPS) is 16.6. The van der Waals surface area contributed by atoms with E-state index in [4.69, 9.17) is 27.9 Å². The lowest BCUT2D eigenvalue weighted by Crippen LogP contribution is -2.47. The van der Waals surface area contributed by atoms with Gasteiger partial charge in [-0.05, 0) is 80.8 Å². The zero-order chi connectivity index (χ0) is 28.6. The highest BCUT2D eigenvalue weighted by molar-refractivity contribution is 6.31. The van der Waals surface area contributed by atoms with Crippen molar-refractivity contribution in [2.24, 2.45) is 5.92 Å². The summed E-state index contributed by atoms with van der Waals surface area (Å²) in [5.74, 6) is 1.12. The number of allylic oxidation sites excluding steroid dienone is 4. The summed E-state index contributed by atoms with van der Waals surface area (Å²) in [7, 11) is 3.72. The largest absolute Gasteiger partial charge is 0.459 e. The molecule has 0 fully saturated rings. The molecule has 0 spiro atoms. The second kappa shape index (κ2) is 14.1. The Labute approximate surface area is 247 Å². The van der Waals surface area contributed by atoms with Crippen LogP contribution in [-0.4, -0.2) is 63.0 Å². The molecule has 2 aliphatic carbocycles. The van der Waals surface area contributed by atoms with Gasteiger partial charge in [0.05, 0.1) is 18.8 Å². The molecule has 0 saturated carbocycles. The van der Waals surface area contributed by atoms with Crippen molar-refractivity contribution < 1.29 is 14.3 Å². The molecule has 1 unspecified atom stereocenters. The van der Waals surface area contributed by atoms with Gasteiger partial charge in [-0.15, -0.1) is 0 Å². The summed E-state index contributed by atoms with van der Waals surface area (Å²) < 4.78 is 6.35. The Morgan fingerprint density at radius 1 is 1.00 bits per heavy atom. The van der Waals surface area contributed by atoms with E-state index < -0.39 is 0 Å². The molecule has 0 bridgehead atoms. The Bertz CT molecular complexity index is 1250. The van der Waals surface area contributed by atoms with Crippen LogP contribution in [0.1, 0.15) is 30.9 Å². The number of carbonyl (C=O) groups excluding carboxylic acids is 2. The number of rotatable bonds is 12. The van der Waals surface area contributed by atoms with Crippen LogP contribution in [-0.2, 0) is 22.4 Å². The van der Waals surface area contributed by atoms with Crippen molar-refractivity contribution in [1.82, 2.24) is 15.5 Å². The summed E-state index contributed by atoms with van der Waals surface area (Å²) in [6, 6.07) is 13.7. The number of nitrogens with zero attached hydrogens (tertiary/aromatic N) is 2. The molecule has 0 heterocycles. The van der Waals surface area contributed by atoms with Gasteiger partial charge in [-0.2, -0.15) is 0 Å². The van der Waals surface area contributed by atoms with Crippen LogP contribution in [0.25, 0.3) is 0 Å². The van der Waals surface area contributed by atoms with Crippen LogP contribution in [0.2, 0.25) is 5.02 Å². The first-order chi connectivity index (χ1) is 19.2. The van der Waals surface area contributed by atoms with E-state index in [9.17, 15) is 9.59 Å². The minimum atomic E-state index is -0.175. The predicted octanol–water partition coefficient (Wildman–Crippen LogP) is 4.92. The fourth-order valence-corrected chi connectivity index (χ4v) is 5.58. The smallest absolute Gasteiger partial charge is 0.242 e. The van der Waals surface area contributed by atoms with E-state index in [0.29, 0.717) is 29.4 Å². The maximum atomic E-state index is 13.7. The number of nitrogens with one attached hydrogen (secondary N) is 2. The van der Waals surface area contributed by atoms with E-state index in [2.05, 4.69) is 22.8 Å². The Morgan fingerprint density at radius 2 is 1.73 bits per heavy atom. The number of hydrogen-bond donors (Lipinski definition) is 2. The van der Waals surface area contributed by atoms with Crippen molar-refractivity contribution in [2.75, 3.05) is 45.2 Å². The fraction of sp³-hybridized carbons (Fsp3) is 0.419. The number of benzene rings is 2. The number of hydrogen-bond acceptors (Lipinski definition) is 5. The lowest BCUT2D eigenvalue weighted by molar-refractivity contribution is -0.130. The summed E-state index contributed by atoms with van der Waals surface area (Å²) >= 11 is 12.7. The third-order valence-electron chi connectivity index (χ3n) is 7.46. The summed E-state index contributed by atoms with van der Waals surface area (Å²) in [6.07, 6.45) is 6.82. The first-order valence-corrected chi connectivity index (χ1v) is 14.5. The van der Waals surface area contributed by atoms with Crippen LogP contribution in [0.3, 0.4) is 0 Å². The maximum Gasteiger partial charge on any atom is 0.242 e. The number of likely N-dealkylation sites (N-methyl/N-ethyl adjacent to an activating group) is 1. The number of halogens is 2. The van der Waals surface area contributed by atoms with E-state index in [-0.39, 0.29) is 36.9 Å². The molecule has 1 atom stereocenters. The van der Waals surface area contributed by atoms with Gasteiger partial charge in [0.25, 0.3) is 0 Å². The van der Waals surface area contributed by atoms with Crippen LogP contribution >= 0.6 is 23.2 Å². The molecule has 2 aromatic rings. The highest BCUT2D eigenvalue weighted by atomic mass is 35.5. The summed E-state index contributed by atoms with van der Waals surface area (Å²) in [5.41, 5.74) is 3.14. The number of fused-ring (bicyclic) bond motifs is 1. The molecule has 0 saturated heterocycles. The summed E-state index contributed by atoms with van der Waals surface area (Å²) in [4.78, 5) is 30.2. The highest BCUT2D eigenvalue weighted by Gasteiger charge is 2.29. The molecule has 2 aliphatic rings. The lowest BCUT2D eigenvalue weighted by Gasteiger charge is -2.31. The van der Waals surface area contributed by atoms with Crippen LogP contribution in [0.5, 0.6) is 5.75 Å². The van der Waals surface area contributed by atoms with Crippen molar-refractivity contribution in [3.8, 4) is 5.75 Å². The van der Waals surface area contributed by atoms with Crippen LogP contribution in [0.15, 0.2) is 65.4 Å². The first-order valence-electron chi connectivity index (χ1n) is 13.8. The van der Waals surface area contributed by atoms with E-state index in [1.807, 2.05) is 45.3 Å². The first kappa shape index (κ1) is 30.0. The summed E-state index contributed by atoms with van der Waals surface area (Å²) in [6.45, 7) is 3.38. The topological polar surface area (TPSA) is 73.9 Å². The molecule has 0 aromatic heterocycles. The monoisotopic (exact) mass is 584 g/mol. The van der Waals surface area contributed by atoms with Gasteiger partial charge in [-0.3, -0.25) is 9.59 Å². The summed E-state index contributed by atoms with van der Waals surface area (Å²) in [5, 5.41) is 7.30. The van der Waals surface area contributed by atoms with Gasteiger partial charge in [-0.1, -0.05) is 54.4 Å². The molecule has 4 rings (SSSR count). The number of carbonyl (C=O) groups is 2. The Morgan fingerprint density at radius 3 is 2.40 bits per heavy atom. The van der Waals surface area contributed by atoms with Gasteiger partial charge >= 0.3 is 0 Å². The Balaban J connectivity index is 1.56. The van der Waals surface area contributed by atoms with E-state index in [0.717, 1.165) is 36.6 Å². The average molecular weight is 586 g/mol.